The van der Waals surface area contributed by atoms with E-state index in [1.807, 2.05) is 0 Å². The van der Waals surface area contributed by atoms with Gasteiger partial charge in [0.05, 0.1) is 22.0 Å². The number of rotatable bonds is 4. The lowest BCUT2D eigenvalue weighted by Crippen LogP contribution is -2.15. The number of hydrogen-bond acceptors (Lipinski definition) is 3. The molecule has 0 radical (unpaired) electrons. The van der Waals surface area contributed by atoms with Crippen molar-refractivity contribution in [3.8, 4) is 0 Å². The zero-order chi connectivity index (χ0) is 16.9. The second-order valence-electron chi connectivity index (χ2n) is 4.94. The summed E-state index contributed by atoms with van der Waals surface area (Å²) in [5.41, 5.74) is 1.01. The number of amides is 1. The predicted octanol–water partition coefficient (Wildman–Crippen LogP) is 4.87. The van der Waals surface area contributed by atoms with Gasteiger partial charge < -0.3 is 10.6 Å². The van der Waals surface area contributed by atoms with E-state index in [-0.39, 0.29) is 17.1 Å². The first kappa shape index (κ1) is 16.0. The van der Waals surface area contributed by atoms with Crippen molar-refractivity contribution in [1.82, 2.24) is 4.98 Å². The Morgan fingerprint density at radius 2 is 1.67 bits per heavy atom. The number of para-hydroxylation sites is 2. The van der Waals surface area contributed by atoms with E-state index in [1.54, 1.807) is 54.6 Å². The number of benzene rings is 2. The summed E-state index contributed by atoms with van der Waals surface area (Å²) in [6.07, 6.45) is 1.52. The Balaban J connectivity index is 1.88. The van der Waals surface area contributed by atoms with Crippen molar-refractivity contribution in [3.05, 3.63) is 83.3 Å². The number of aromatic nitrogens is 1. The molecule has 0 aliphatic heterocycles. The fraction of sp³-hybridized carbons (Fsp3) is 0. The minimum Gasteiger partial charge on any atom is -0.337 e. The summed E-state index contributed by atoms with van der Waals surface area (Å²) < 4.78 is 13.8. The Labute approximate surface area is 143 Å². The Bertz CT molecular complexity index is 885. The van der Waals surface area contributed by atoms with Crippen LogP contribution in [0.15, 0.2) is 66.9 Å². The molecular weight excluding hydrogens is 329 g/mol. The van der Waals surface area contributed by atoms with Gasteiger partial charge >= 0.3 is 0 Å². The molecule has 2 aromatic carbocycles. The maximum Gasteiger partial charge on any atom is 0.259 e. The van der Waals surface area contributed by atoms with Gasteiger partial charge in [0.1, 0.15) is 11.6 Å². The summed E-state index contributed by atoms with van der Waals surface area (Å²) in [5, 5.41) is 5.99. The van der Waals surface area contributed by atoms with Crippen LogP contribution in [0.25, 0.3) is 0 Å². The van der Waals surface area contributed by atoms with Gasteiger partial charge in [0.25, 0.3) is 5.91 Å². The Hall–Kier alpha value is -2.92. The first-order valence-electron chi connectivity index (χ1n) is 7.17. The molecule has 24 heavy (non-hydrogen) atoms. The third-order valence-corrected chi connectivity index (χ3v) is 3.63. The lowest BCUT2D eigenvalue weighted by atomic mass is 10.2. The van der Waals surface area contributed by atoms with Crippen molar-refractivity contribution in [3.63, 3.8) is 0 Å². The van der Waals surface area contributed by atoms with Crippen molar-refractivity contribution >= 4 is 34.7 Å². The Morgan fingerprint density at radius 3 is 2.42 bits per heavy atom. The quantitative estimate of drug-likeness (QED) is 0.711. The van der Waals surface area contributed by atoms with Gasteiger partial charge in [-0.3, -0.25) is 4.79 Å². The molecule has 120 valence electrons. The van der Waals surface area contributed by atoms with Crippen LogP contribution < -0.4 is 10.6 Å². The fourth-order valence-electron chi connectivity index (χ4n) is 2.13. The number of anilines is 3. The predicted molar refractivity (Wildman–Crippen MR) is 93.3 cm³/mol. The van der Waals surface area contributed by atoms with Gasteiger partial charge in [0, 0.05) is 6.20 Å². The van der Waals surface area contributed by atoms with Crippen molar-refractivity contribution in [2.45, 2.75) is 0 Å². The Morgan fingerprint density at radius 1 is 0.958 bits per heavy atom. The average molecular weight is 342 g/mol. The molecule has 3 aromatic rings. The standard InChI is InChI=1S/C18H13ClFN3O/c19-13-7-1-3-9-15(13)23-18(24)12-6-5-11-21-17(12)22-16-10-4-2-8-14(16)20/h1-11H,(H,21,22)(H,23,24). The first-order valence-corrected chi connectivity index (χ1v) is 7.55. The van der Waals surface area contributed by atoms with Crippen LogP contribution >= 0.6 is 11.6 Å². The molecule has 1 amide bonds. The Kier molecular flexibility index (Phi) is 4.72. The number of carbonyl (C=O) groups is 1. The van der Waals surface area contributed by atoms with Crippen LogP contribution in [-0.4, -0.2) is 10.9 Å². The number of carbonyl (C=O) groups excluding carboxylic acids is 1. The van der Waals surface area contributed by atoms with Crippen molar-refractivity contribution in [2.24, 2.45) is 0 Å². The zero-order valence-electron chi connectivity index (χ0n) is 12.5. The number of nitrogens with one attached hydrogen (secondary N) is 2. The average Bonchev–Trinajstić information content (AvgIpc) is 2.59. The van der Waals surface area contributed by atoms with E-state index in [0.717, 1.165) is 0 Å². The SMILES string of the molecule is O=C(Nc1ccccc1Cl)c1cccnc1Nc1ccccc1F. The molecule has 3 rings (SSSR count). The molecule has 0 atom stereocenters. The molecular formula is C18H13ClFN3O. The minimum absolute atomic E-state index is 0.239. The summed E-state index contributed by atoms with van der Waals surface area (Å²) in [6, 6.07) is 16.3. The molecule has 0 bridgehead atoms. The van der Waals surface area contributed by atoms with Gasteiger partial charge in [-0.1, -0.05) is 35.9 Å². The van der Waals surface area contributed by atoms with Crippen LogP contribution in [-0.2, 0) is 0 Å². The van der Waals surface area contributed by atoms with E-state index in [0.29, 0.717) is 10.7 Å². The number of halogens is 2. The summed E-state index contributed by atoms with van der Waals surface area (Å²) in [5.74, 6) is -0.567. The summed E-state index contributed by atoms with van der Waals surface area (Å²) in [7, 11) is 0. The van der Waals surface area contributed by atoms with Crippen molar-refractivity contribution in [1.29, 1.82) is 0 Å². The smallest absolute Gasteiger partial charge is 0.259 e. The second kappa shape index (κ2) is 7.10. The summed E-state index contributed by atoms with van der Waals surface area (Å²) in [6.45, 7) is 0. The second-order valence-corrected chi connectivity index (χ2v) is 5.35. The topological polar surface area (TPSA) is 54.0 Å². The van der Waals surface area contributed by atoms with Crippen LogP contribution in [0, 0.1) is 5.82 Å². The molecule has 0 saturated heterocycles. The van der Waals surface area contributed by atoms with E-state index in [9.17, 15) is 9.18 Å². The first-order chi connectivity index (χ1) is 11.6. The molecule has 2 N–H and O–H groups in total. The maximum atomic E-state index is 13.8. The van der Waals surface area contributed by atoms with Crippen LogP contribution in [0.2, 0.25) is 5.02 Å². The van der Waals surface area contributed by atoms with Gasteiger partial charge in [-0.2, -0.15) is 0 Å². The van der Waals surface area contributed by atoms with Gasteiger partial charge in [0.15, 0.2) is 0 Å². The summed E-state index contributed by atoms with van der Waals surface area (Å²) >= 11 is 6.05. The van der Waals surface area contributed by atoms with Gasteiger partial charge in [-0.05, 0) is 36.4 Å². The maximum absolute atomic E-state index is 13.8. The van der Waals surface area contributed by atoms with Crippen LogP contribution in [0.5, 0.6) is 0 Å². The van der Waals surface area contributed by atoms with E-state index in [1.165, 1.54) is 12.3 Å². The lowest BCUT2D eigenvalue weighted by Gasteiger charge is -2.12. The molecule has 0 unspecified atom stereocenters. The lowest BCUT2D eigenvalue weighted by molar-refractivity contribution is 0.102. The van der Waals surface area contributed by atoms with Gasteiger partial charge in [-0.25, -0.2) is 9.37 Å². The molecule has 1 heterocycles. The normalized spacial score (nSPS) is 10.2. The highest BCUT2D eigenvalue weighted by atomic mass is 35.5. The van der Waals surface area contributed by atoms with Crippen LogP contribution in [0.1, 0.15) is 10.4 Å². The highest BCUT2D eigenvalue weighted by Crippen LogP contribution is 2.24. The molecule has 0 aliphatic rings. The monoisotopic (exact) mass is 341 g/mol. The molecule has 0 fully saturated rings. The van der Waals surface area contributed by atoms with Gasteiger partial charge in [0.2, 0.25) is 0 Å². The van der Waals surface area contributed by atoms with E-state index in [4.69, 9.17) is 11.6 Å². The number of nitrogens with zero attached hydrogens (tertiary/aromatic N) is 1. The minimum atomic E-state index is -0.430. The van der Waals surface area contributed by atoms with E-state index >= 15 is 0 Å². The highest BCUT2D eigenvalue weighted by Gasteiger charge is 2.14. The zero-order valence-corrected chi connectivity index (χ0v) is 13.2. The van der Waals surface area contributed by atoms with E-state index in [2.05, 4.69) is 15.6 Å². The molecule has 0 spiro atoms. The van der Waals surface area contributed by atoms with Crippen LogP contribution in [0.4, 0.5) is 21.6 Å². The highest BCUT2D eigenvalue weighted by molar-refractivity contribution is 6.34. The molecule has 1 aromatic heterocycles. The molecule has 6 heteroatoms. The largest absolute Gasteiger partial charge is 0.337 e. The van der Waals surface area contributed by atoms with Crippen LogP contribution in [0.3, 0.4) is 0 Å². The fourth-order valence-corrected chi connectivity index (χ4v) is 2.31. The number of pyridine rings is 1. The van der Waals surface area contributed by atoms with Crippen molar-refractivity contribution < 1.29 is 9.18 Å². The third-order valence-electron chi connectivity index (χ3n) is 3.30. The van der Waals surface area contributed by atoms with Crippen molar-refractivity contribution in [2.75, 3.05) is 10.6 Å². The third kappa shape index (κ3) is 3.52. The molecule has 4 nitrogen and oxygen atoms in total. The molecule has 0 saturated carbocycles. The van der Waals surface area contributed by atoms with Gasteiger partial charge in [-0.15, -0.1) is 0 Å². The molecule has 0 aliphatic carbocycles. The van der Waals surface area contributed by atoms with E-state index < -0.39 is 11.7 Å². The summed E-state index contributed by atoms with van der Waals surface area (Å²) in [4.78, 5) is 16.6. The number of hydrogen-bond donors (Lipinski definition) is 2.